The molecule has 1 radical (unpaired) electrons. The molecule has 0 saturated carbocycles. The number of hydrogen-bond donors (Lipinski definition) is 0. The second-order valence-electron chi connectivity index (χ2n) is 9.34. The average molecular weight is 424 g/mol. The van der Waals surface area contributed by atoms with Gasteiger partial charge in [0, 0.05) is 11.8 Å². The van der Waals surface area contributed by atoms with Crippen molar-refractivity contribution in [2.75, 3.05) is 0 Å². The minimum atomic E-state index is 0.380. The van der Waals surface area contributed by atoms with E-state index in [0.717, 1.165) is 0 Å². The third-order valence-electron chi connectivity index (χ3n) is 7.06. The first-order chi connectivity index (χ1) is 15.7. The fourth-order valence-corrected chi connectivity index (χ4v) is 5.89. The molecular formula is C32H39. The molecular weight excluding hydrogens is 384 g/mol. The lowest BCUT2D eigenvalue weighted by molar-refractivity contribution is 0.775. The number of fused-ring (bicyclic) bond motifs is 1. The van der Waals surface area contributed by atoms with E-state index in [1.54, 1.807) is 28.2 Å². The minimum absolute atomic E-state index is 0.380. The molecule has 0 amide bonds. The second kappa shape index (κ2) is 10.5. The molecule has 167 valence electrons. The van der Waals surface area contributed by atoms with Gasteiger partial charge in [-0.05, 0) is 59.1 Å². The van der Waals surface area contributed by atoms with Gasteiger partial charge in [-0.2, -0.15) is 0 Å². The zero-order valence-corrected chi connectivity index (χ0v) is 20.5. The Morgan fingerprint density at radius 3 is 1.62 bits per heavy atom. The van der Waals surface area contributed by atoms with Crippen molar-refractivity contribution in [2.24, 2.45) is 0 Å². The Morgan fingerprint density at radius 2 is 1.06 bits per heavy atom. The van der Waals surface area contributed by atoms with Crippen molar-refractivity contribution >= 4 is 5.57 Å². The van der Waals surface area contributed by atoms with Gasteiger partial charge in [0.25, 0.3) is 0 Å². The highest BCUT2D eigenvalue weighted by atomic mass is 14.4. The van der Waals surface area contributed by atoms with Gasteiger partial charge in [-0.1, -0.05) is 125 Å². The molecule has 0 aliphatic heterocycles. The Morgan fingerprint density at radius 1 is 0.562 bits per heavy atom. The SMILES string of the molecule is CCCC1=C(CCC)C(CCC)=C(CCC)[C]1C1C=C(c2ccccc2)c2ccccc21. The fourth-order valence-electron chi connectivity index (χ4n) is 5.89. The second-order valence-corrected chi connectivity index (χ2v) is 9.34. The molecule has 2 aliphatic carbocycles. The predicted octanol–water partition coefficient (Wildman–Crippen LogP) is 9.60. The van der Waals surface area contributed by atoms with Gasteiger partial charge in [0.15, 0.2) is 0 Å². The normalized spacial score (nSPS) is 18.5. The van der Waals surface area contributed by atoms with Crippen molar-refractivity contribution < 1.29 is 0 Å². The van der Waals surface area contributed by atoms with Crippen molar-refractivity contribution in [3.63, 3.8) is 0 Å². The predicted molar refractivity (Wildman–Crippen MR) is 140 cm³/mol. The molecule has 0 fully saturated rings. The molecule has 2 aromatic rings. The summed E-state index contributed by atoms with van der Waals surface area (Å²) in [6.07, 6.45) is 12.3. The van der Waals surface area contributed by atoms with Gasteiger partial charge < -0.3 is 0 Å². The summed E-state index contributed by atoms with van der Waals surface area (Å²) in [7, 11) is 0. The van der Waals surface area contributed by atoms with E-state index in [9.17, 15) is 0 Å². The van der Waals surface area contributed by atoms with Crippen molar-refractivity contribution in [3.05, 3.63) is 106 Å². The molecule has 1 atom stereocenters. The molecule has 2 aliphatic rings. The minimum Gasteiger partial charge on any atom is -0.0672 e. The lowest BCUT2D eigenvalue weighted by atomic mass is 9.77. The Hall–Kier alpha value is -2.34. The largest absolute Gasteiger partial charge is 0.0672 e. The summed E-state index contributed by atoms with van der Waals surface area (Å²) in [6, 6.07) is 20.1. The first-order valence-corrected chi connectivity index (χ1v) is 12.9. The van der Waals surface area contributed by atoms with Gasteiger partial charge in [0.2, 0.25) is 0 Å². The van der Waals surface area contributed by atoms with E-state index in [4.69, 9.17) is 0 Å². The monoisotopic (exact) mass is 423 g/mol. The molecule has 0 nitrogen and oxygen atoms in total. The molecule has 0 heteroatoms. The van der Waals surface area contributed by atoms with Crippen LogP contribution in [0.3, 0.4) is 0 Å². The maximum Gasteiger partial charge on any atom is 0.0376 e. The molecule has 32 heavy (non-hydrogen) atoms. The lowest BCUT2D eigenvalue weighted by Gasteiger charge is -2.26. The number of hydrogen-bond acceptors (Lipinski definition) is 0. The first kappa shape index (κ1) is 22.8. The highest BCUT2D eigenvalue weighted by molar-refractivity contribution is 5.87. The number of allylic oxidation sites excluding steroid dienone is 5. The van der Waals surface area contributed by atoms with Crippen molar-refractivity contribution in [2.45, 2.75) is 85.0 Å². The van der Waals surface area contributed by atoms with Gasteiger partial charge >= 0.3 is 0 Å². The van der Waals surface area contributed by atoms with Crippen LogP contribution in [-0.4, -0.2) is 0 Å². The zero-order chi connectivity index (χ0) is 22.5. The molecule has 2 aromatic carbocycles. The fraction of sp³-hybridized carbons (Fsp3) is 0.406. The van der Waals surface area contributed by atoms with Crippen LogP contribution in [0.2, 0.25) is 0 Å². The van der Waals surface area contributed by atoms with Crippen LogP contribution in [0, 0.1) is 5.92 Å². The summed E-state index contributed by atoms with van der Waals surface area (Å²) in [6.45, 7) is 9.38. The lowest BCUT2D eigenvalue weighted by Crippen LogP contribution is -2.12. The van der Waals surface area contributed by atoms with E-state index in [0.29, 0.717) is 5.92 Å². The molecule has 0 spiro atoms. The molecule has 1 unspecified atom stereocenters. The zero-order valence-electron chi connectivity index (χ0n) is 20.5. The standard InChI is InChI=1S/C32H39/c1-5-14-24-25(15-6-2)29(17-8-4)32(28(24)16-7-3)31-22-30(23-18-10-9-11-19-23)26-20-12-13-21-27(26)31/h9-13,18-22,31H,5-8,14-17H2,1-4H3. The Bertz CT molecular complexity index is 983. The van der Waals surface area contributed by atoms with Crippen molar-refractivity contribution in [1.82, 2.24) is 0 Å². The van der Waals surface area contributed by atoms with Gasteiger partial charge in [0.1, 0.15) is 0 Å². The molecule has 4 rings (SSSR count). The molecule has 0 heterocycles. The van der Waals surface area contributed by atoms with Crippen LogP contribution in [0.15, 0.2) is 83.0 Å². The smallest absolute Gasteiger partial charge is 0.0376 e. The Kier molecular flexibility index (Phi) is 7.51. The quantitative estimate of drug-likeness (QED) is 0.357. The van der Waals surface area contributed by atoms with Crippen LogP contribution in [0.5, 0.6) is 0 Å². The third kappa shape index (κ3) is 4.17. The van der Waals surface area contributed by atoms with Gasteiger partial charge in [-0.25, -0.2) is 0 Å². The highest BCUT2D eigenvalue weighted by Gasteiger charge is 2.40. The van der Waals surface area contributed by atoms with Crippen LogP contribution in [0.25, 0.3) is 5.57 Å². The molecule has 0 aromatic heterocycles. The summed E-state index contributed by atoms with van der Waals surface area (Å²) in [4.78, 5) is 0. The van der Waals surface area contributed by atoms with Gasteiger partial charge in [0.05, 0.1) is 0 Å². The van der Waals surface area contributed by atoms with E-state index in [-0.39, 0.29) is 0 Å². The van der Waals surface area contributed by atoms with Crippen LogP contribution >= 0.6 is 0 Å². The van der Waals surface area contributed by atoms with E-state index >= 15 is 0 Å². The number of rotatable bonds is 10. The summed E-state index contributed by atoms with van der Waals surface area (Å²) < 4.78 is 0. The first-order valence-electron chi connectivity index (χ1n) is 12.9. The summed E-state index contributed by atoms with van der Waals surface area (Å²) in [5, 5.41) is 0. The van der Waals surface area contributed by atoms with Gasteiger partial charge in [-0.15, -0.1) is 0 Å². The Balaban J connectivity index is 1.89. The number of benzene rings is 2. The maximum atomic E-state index is 2.58. The maximum absolute atomic E-state index is 2.58. The molecule has 0 saturated heterocycles. The molecule has 0 N–H and O–H groups in total. The van der Waals surface area contributed by atoms with Crippen molar-refractivity contribution in [3.8, 4) is 0 Å². The summed E-state index contributed by atoms with van der Waals surface area (Å²) in [5.74, 6) is 2.05. The summed E-state index contributed by atoms with van der Waals surface area (Å²) in [5.41, 5.74) is 12.4. The van der Waals surface area contributed by atoms with Gasteiger partial charge in [-0.3, -0.25) is 0 Å². The van der Waals surface area contributed by atoms with Crippen molar-refractivity contribution in [1.29, 1.82) is 0 Å². The van der Waals surface area contributed by atoms with E-state index in [1.807, 2.05) is 0 Å². The van der Waals surface area contributed by atoms with E-state index in [2.05, 4.69) is 88.4 Å². The van der Waals surface area contributed by atoms with Crippen LogP contribution in [0.1, 0.15) is 102 Å². The highest BCUT2D eigenvalue weighted by Crippen LogP contribution is 2.56. The topological polar surface area (TPSA) is 0 Å². The average Bonchev–Trinajstić information content (AvgIpc) is 3.32. The van der Waals surface area contributed by atoms with Crippen LogP contribution in [0.4, 0.5) is 0 Å². The third-order valence-corrected chi connectivity index (χ3v) is 7.06. The van der Waals surface area contributed by atoms with Crippen LogP contribution < -0.4 is 0 Å². The summed E-state index contributed by atoms with van der Waals surface area (Å²) >= 11 is 0. The molecule has 0 bridgehead atoms. The van der Waals surface area contributed by atoms with Crippen LogP contribution in [-0.2, 0) is 0 Å². The van der Waals surface area contributed by atoms with E-state index in [1.165, 1.54) is 73.6 Å². The van der Waals surface area contributed by atoms with E-state index < -0.39 is 0 Å². The Labute approximate surface area is 196 Å².